The van der Waals surface area contributed by atoms with E-state index in [0.29, 0.717) is 18.7 Å². The first kappa shape index (κ1) is 25.5. The number of unbranched alkanes of at least 4 members (excludes halogenated alkanes) is 1. The van der Waals surface area contributed by atoms with Crippen LogP contribution in [0.25, 0.3) is 0 Å². The first-order chi connectivity index (χ1) is 16.5. The summed E-state index contributed by atoms with van der Waals surface area (Å²) in [7, 11) is 0. The minimum Gasteiger partial charge on any atom is -0.481 e. The van der Waals surface area contributed by atoms with Crippen molar-refractivity contribution < 1.29 is 19.5 Å². The van der Waals surface area contributed by atoms with Crippen molar-refractivity contribution in [3.8, 4) is 0 Å². The van der Waals surface area contributed by atoms with Crippen LogP contribution in [-0.2, 0) is 16.1 Å². The van der Waals surface area contributed by atoms with E-state index in [1.54, 1.807) is 6.21 Å². The lowest BCUT2D eigenvalue weighted by molar-refractivity contribution is -0.138. The number of benzene rings is 2. The number of aliphatic carboxylic acids is 1. The monoisotopic (exact) mass is 464 g/mol. The highest BCUT2D eigenvalue weighted by Crippen LogP contribution is 2.40. The van der Waals surface area contributed by atoms with Crippen LogP contribution < -0.4 is 4.90 Å². The number of fused-ring (bicyclic) bond motifs is 1. The van der Waals surface area contributed by atoms with Crippen molar-refractivity contribution in [3.63, 3.8) is 0 Å². The Morgan fingerprint density at radius 1 is 1.15 bits per heavy atom. The second-order valence-electron chi connectivity index (χ2n) is 8.88. The van der Waals surface area contributed by atoms with Gasteiger partial charge in [0.1, 0.15) is 6.61 Å². The maximum atomic E-state index is 13.7. The van der Waals surface area contributed by atoms with E-state index in [1.165, 1.54) is 5.56 Å². The number of rotatable bonds is 11. The molecule has 1 N–H and O–H groups in total. The lowest BCUT2D eigenvalue weighted by atomic mass is 9.72. The zero-order chi connectivity index (χ0) is 24.5. The lowest BCUT2D eigenvalue weighted by Crippen LogP contribution is -2.32. The highest BCUT2D eigenvalue weighted by atomic mass is 16.6. The molecule has 0 spiro atoms. The number of aryl methyl sites for hydroxylation is 1. The van der Waals surface area contributed by atoms with Crippen molar-refractivity contribution in [3.05, 3.63) is 64.7 Å². The molecule has 2 atom stereocenters. The maximum absolute atomic E-state index is 13.7. The molecule has 0 saturated heterocycles. The van der Waals surface area contributed by atoms with E-state index in [4.69, 9.17) is 4.84 Å². The van der Waals surface area contributed by atoms with E-state index in [9.17, 15) is 14.7 Å². The Labute approximate surface area is 202 Å². The first-order valence-corrected chi connectivity index (χ1v) is 12.4. The van der Waals surface area contributed by atoms with Crippen LogP contribution in [0.4, 0.5) is 5.69 Å². The standard InChI is InChI=1S/C28H36N2O4/c1-4-7-16-30(24-14-8-20(9-15-24)19-29-34-6-3)28(33)23-13-11-21-10-12-22(18-27(31)32)25(5-2)26(21)17-23/h8-9,11,13-15,17,19,22,25H,4-7,10,12,16,18H2,1-3H3,(H,31,32). The van der Waals surface area contributed by atoms with Crippen LogP contribution in [0.2, 0.25) is 0 Å². The third-order valence-corrected chi connectivity index (χ3v) is 6.61. The van der Waals surface area contributed by atoms with Gasteiger partial charge in [-0.2, -0.15) is 0 Å². The Kier molecular flexibility index (Phi) is 9.25. The van der Waals surface area contributed by atoms with Gasteiger partial charge in [0.25, 0.3) is 5.91 Å². The Bertz CT molecular complexity index is 1000. The molecule has 0 fully saturated rings. The van der Waals surface area contributed by atoms with Crippen LogP contribution in [0.5, 0.6) is 0 Å². The molecule has 0 heterocycles. The average molecular weight is 465 g/mol. The van der Waals surface area contributed by atoms with Crippen molar-refractivity contribution in [2.24, 2.45) is 11.1 Å². The van der Waals surface area contributed by atoms with E-state index in [0.717, 1.165) is 48.9 Å². The van der Waals surface area contributed by atoms with Crippen LogP contribution in [0.3, 0.4) is 0 Å². The van der Waals surface area contributed by atoms with Gasteiger partial charge in [0.2, 0.25) is 0 Å². The molecular formula is C28H36N2O4. The van der Waals surface area contributed by atoms with Crippen molar-refractivity contribution in [2.45, 2.75) is 65.2 Å². The fraction of sp³-hybridized carbons (Fsp3) is 0.464. The minimum absolute atomic E-state index is 0.0257. The first-order valence-electron chi connectivity index (χ1n) is 12.4. The minimum atomic E-state index is -0.750. The Morgan fingerprint density at radius 3 is 2.56 bits per heavy atom. The molecule has 6 nitrogen and oxygen atoms in total. The molecule has 182 valence electrons. The van der Waals surface area contributed by atoms with E-state index in [1.807, 2.05) is 48.2 Å². The van der Waals surface area contributed by atoms with Gasteiger partial charge in [-0.25, -0.2) is 0 Å². The van der Waals surface area contributed by atoms with Gasteiger partial charge >= 0.3 is 5.97 Å². The molecular weight excluding hydrogens is 428 g/mol. The quantitative estimate of drug-likeness (QED) is 0.325. The summed E-state index contributed by atoms with van der Waals surface area (Å²) >= 11 is 0. The van der Waals surface area contributed by atoms with Gasteiger partial charge in [0, 0.05) is 24.2 Å². The van der Waals surface area contributed by atoms with Gasteiger partial charge in [-0.1, -0.05) is 43.6 Å². The van der Waals surface area contributed by atoms with E-state index in [-0.39, 0.29) is 24.2 Å². The zero-order valence-electron chi connectivity index (χ0n) is 20.5. The van der Waals surface area contributed by atoms with E-state index < -0.39 is 5.97 Å². The molecule has 0 saturated carbocycles. The predicted octanol–water partition coefficient (Wildman–Crippen LogP) is 6.03. The number of nitrogens with zero attached hydrogens (tertiary/aromatic N) is 2. The number of carboxylic acid groups (broad SMARTS) is 1. The Morgan fingerprint density at radius 2 is 1.91 bits per heavy atom. The van der Waals surface area contributed by atoms with Gasteiger partial charge in [-0.05, 0) is 85.4 Å². The summed E-state index contributed by atoms with van der Waals surface area (Å²) in [4.78, 5) is 31.9. The van der Waals surface area contributed by atoms with Gasteiger partial charge in [0.05, 0.1) is 6.21 Å². The van der Waals surface area contributed by atoms with Crippen LogP contribution >= 0.6 is 0 Å². The Hall–Kier alpha value is -3.15. The average Bonchev–Trinajstić information content (AvgIpc) is 2.84. The zero-order valence-corrected chi connectivity index (χ0v) is 20.5. The summed E-state index contributed by atoms with van der Waals surface area (Å²) in [6, 6.07) is 13.7. The molecule has 0 aromatic heterocycles. The van der Waals surface area contributed by atoms with Gasteiger partial charge in [-0.15, -0.1) is 0 Å². The molecule has 6 heteroatoms. The fourth-order valence-electron chi connectivity index (χ4n) is 4.85. The molecule has 1 amide bonds. The molecule has 0 radical (unpaired) electrons. The molecule has 0 aliphatic heterocycles. The summed E-state index contributed by atoms with van der Waals surface area (Å²) < 4.78 is 0. The summed E-state index contributed by atoms with van der Waals surface area (Å²) in [5.74, 6) is -0.496. The maximum Gasteiger partial charge on any atom is 0.303 e. The smallest absolute Gasteiger partial charge is 0.303 e. The van der Waals surface area contributed by atoms with Crippen molar-refractivity contribution in [2.75, 3.05) is 18.1 Å². The van der Waals surface area contributed by atoms with Gasteiger partial charge in [0.15, 0.2) is 0 Å². The molecule has 2 unspecified atom stereocenters. The topological polar surface area (TPSA) is 79.2 Å². The van der Waals surface area contributed by atoms with Crippen LogP contribution in [-0.4, -0.2) is 36.3 Å². The number of carboxylic acids is 1. The van der Waals surface area contributed by atoms with Crippen LogP contribution in [0.1, 0.15) is 85.8 Å². The molecule has 34 heavy (non-hydrogen) atoms. The summed E-state index contributed by atoms with van der Waals surface area (Å²) in [5, 5.41) is 13.3. The molecule has 1 aliphatic rings. The normalized spacial score (nSPS) is 17.4. The van der Waals surface area contributed by atoms with Crippen LogP contribution in [0.15, 0.2) is 47.6 Å². The number of hydrogen-bond donors (Lipinski definition) is 1. The van der Waals surface area contributed by atoms with E-state index >= 15 is 0 Å². The SMILES string of the molecule is CCCCN(C(=O)c1ccc2c(c1)C(CC)C(CC(=O)O)CC2)c1ccc(C=NOCC)cc1. The second kappa shape index (κ2) is 12.4. The van der Waals surface area contributed by atoms with Crippen molar-refractivity contribution in [1.82, 2.24) is 0 Å². The molecule has 2 aromatic carbocycles. The summed E-state index contributed by atoms with van der Waals surface area (Å²) in [6.07, 6.45) is 6.34. The van der Waals surface area contributed by atoms with Gasteiger partial charge < -0.3 is 14.8 Å². The van der Waals surface area contributed by atoms with Gasteiger partial charge in [-0.3, -0.25) is 9.59 Å². The summed E-state index contributed by atoms with van der Waals surface area (Å²) in [6.45, 7) is 7.26. The number of oxime groups is 1. The number of amides is 1. The Balaban J connectivity index is 1.88. The summed E-state index contributed by atoms with van der Waals surface area (Å²) in [5.41, 5.74) is 4.79. The third kappa shape index (κ3) is 6.25. The van der Waals surface area contributed by atoms with Crippen molar-refractivity contribution in [1.29, 1.82) is 0 Å². The second-order valence-corrected chi connectivity index (χ2v) is 8.88. The number of hydrogen-bond acceptors (Lipinski definition) is 4. The number of carbonyl (C=O) groups is 2. The van der Waals surface area contributed by atoms with Crippen molar-refractivity contribution >= 4 is 23.8 Å². The van der Waals surface area contributed by atoms with Crippen LogP contribution in [0, 0.1) is 5.92 Å². The lowest BCUT2D eigenvalue weighted by Gasteiger charge is -2.33. The molecule has 0 bridgehead atoms. The molecule has 2 aromatic rings. The largest absolute Gasteiger partial charge is 0.481 e. The number of anilines is 1. The molecule has 1 aliphatic carbocycles. The highest BCUT2D eigenvalue weighted by molar-refractivity contribution is 6.06. The number of carbonyl (C=O) groups excluding carboxylic acids is 1. The third-order valence-electron chi connectivity index (χ3n) is 6.61. The fourth-order valence-corrected chi connectivity index (χ4v) is 4.85. The molecule has 3 rings (SSSR count). The van der Waals surface area contributed by atoms with E-state index in [2.05, 4.69) is 25.1 Å². The highest BCUT2D eigenvalue weighted by Gasteiger charge is 2.31. The predicted molar refractivity (Wildman–Crippen MR) is 136 cm³/mol.